The first-order valence-electron chi connectivity index (χ1n) is 27.3. The second-order valence-corrected chi connectivity index (χ2v) is 22.6. The zero-order valence-corrected chi connectivity index (χ0v) is 43.3. The lowest BCUT2D eigenvalue weighted by Crippen LogP contribution is -2.63. The Hall–Kier alpha value is -7.30. The maximum Gasteiger partial charge on any atom is 0.255 e. The number of anilines is 1. The zero-order valence-electron chi connectivity index (χ0n) is 43.3. The molecule has 400 valence electrons. The van der Waals surface area contributed by atoms with Crippen molar-refractivity contribution >= 4 is 40.9 Å². The molecule has 2 N–H and O–H groups in total. The topological polar surface area (TPSA) is 189 Å². The number of aromatic nitrogens is 3. The van der Waals surface area contributed by atoms with Crippen molar-refractivity contribution in [3.05, 3.63) is 113 Å². The largest absolute Gasteiger partial charge is 0.492 e. The van der Waals surface area contributed by atoms with Gasteiger partial charge in [-0.05, 0) is 143 Å². The molecule has 2 aliphatic carbocycles. The number of hydrogen-bond acceptors (Lipinski definition) is 12. The summed E-state index contributed by atoms with van der Waals surface area (Å²) in [6, 6.07) is 17.0. The lowest BCUT2D eigenvalue weighted by molar-refractivity contribution is -0.155. The molecule has 1 unspecified atom stereocenters. The average molecular weight is 1050 g/mol. The van der Waals surface area contributed by atoms with Crippen molar-refractivity contribution in [2.24, 2.45) is 11.3 Å². The number of carbonyl (C=O) groups is 5. The summed E-state index contributed by atoms with van der Waals surface area (Å²) < 4.78 is 36.8. The molecule has 8 heterocycles. The standard InChI is InChI=1S/C58H63F2N11O6/c1-2-77-44-25-46(52-41(30-61)32-63-71(52)34-44)38-4-9-50(62-31-38)68-17-13-58(14-18-68,65-53(73)47-24-42(59)5-7-48(47)60)35-66-19-21-69(22-20-66)55(75)40-26-57(27-40)28-43(29-57)67-15-11-36(12-16-67)37-3-6-45-39(23-37)33-70(56(45)76)49-8-10-51(72)64-54(49)74/h3-7,9,23-25,31-32,34,36,40,43,49H,2,8,10-22,26-29,33,35H2,1H3,(H,65,73)(H,64,72,74). The van der Waals surface area contributed by atoms with E-state index in [0.717, 1.165) is 92.3 Å². The Kier molecular flexibility index (Phi) is 13.3. The van der Waals surface area contributed by atoms with Gasteiger partial charge in [0.15, 0.2) is 0 Å². The molecule has 2 saturated carbocycles. The summed E-state index contributed by atoms with van der Waals surface area (Å²) in [4.78, 5) is 80.8. The highest BCUT2D eigenvalue weighted by Gasteiger charge is 2.57. The molecule has 1 atom stereocenters. The molecule has 3 aromatic heterocycles. The van der Waals surface area contributed by atoms with Gasteiger partial charge in [-0.2, -0.15) is 10.4 Å². The van der Waals surface area contributed by atoms with Crippen LogP contribution in [0, 0.1) is 34.3 Å². The summed E-state index contributed by atoms with van der Waals surface area (Å²) in [5.74, 6) is -0.944. The van der Waals surface area contributed by atoms with Gasteiger partial charge in [-0.15, -0.1) is 0 Å². The Morgan fingerprint density at radius 2 is 1.66 bits per heavy atom. The third kappa shape index (κ3) is 9.68. The van der Waals surface area contributed by atoms with Crippen LogP contribution in [-0.4, -0.2) is 147 Å². The van der Waals surface area contributed by atoms with E-state index in [9.17, 15) is 38.0 Å². The minimum Gasteiger partial charge on any atom is -0.492 e. The highest BCUT2D eigenvalue weighted by Crippen LogP contribution is 2.60. The molecule has 5 amide bonds. The number of rotatable bonds is 12. The van der Waals surface area contributed by atoms with E-state index < -0.39 is 35.0 Å². The summed E-state index contributed by atoms with van der Waals surface area (Å²) in [7, 11) is 0. The fourth-order valence-electron chi connectivity index (χ4n) is 13.8. The van der Waals surface area contributed by atoms with Crippen LogP contribution >= 0.6 is 0 Å². The normalized spacial score (nSPS) is 24.8. The van der Waals surface area contributed by atoms with E-state index in [0.29, 0.717) is 113 Å². The van der Waals surface area contributed by atoms with Crippen molar-refractivity contribution in [1.82, 2.24) is 44.8 Å². The molecule has 7 aliphatic rings. The number of carbonyl (C=O) groups excluding carboxylic acids is 5. The monoisotopic (exact) mass is 1050 g/mol. The summed E-state index contributed by atoms with van der Waals surface area (Å²) in [5, 5.41) is 19.7. The third-order valence-corrected chi connectivity index (χ3v) is 18.0. The lowest BCUT2D eigenvalue weighted by atomic mass is 9.49. The van der Waals surface area contributed by atoms with Crippen molar-refractivity contribution in [2.75, 3.05) is 70.4 Å². The maximum absolute atomic E-state index is 15.0. The van der Waals surface area contributed by atoms with Gasteiger partial charge in [-0.25, -0.2) is 18.3 Å². The number of fused-ring (bicyclic) bond motifs is 2. The summed E-state index contributed by atoms with van der Waals surface area (Å²) in [6.07, 6.45) is 12.9. The quantitative estimate of drug-likeness (QED) is 0.138. The van der Waals surface area contributed by atoms with Gasteiger partial charge in [-0.1, -0.05) is 12.1 Å². The number of nitrogens with one attached hydrogen (secondary N) is 2. The highest BCUT2D eigenvalue weighted by molar-refractivity contribution is 6.05. The van der Waals surface area contributed by atoms with Crippen LogP contribution < -0.4 is 20.3 Å². The number of nitriles is 1. The molecular weight excluding hydrogens is 985 g/mol. The number of pyridine rings is 2. The Morgan fingerprint density at radius 1 is 0.883 bits per heavy atom. The number of halogens is 2. The molecule has 12 rings (SSSR count). The number of piperidine rings is 3. The van der Waals surface area contributed by atoms with Crippen molar-refractivity contribution in [1.29, 1.82) is 5.26 Å². The minimum atomic E-state index is -0.790. The molecule has 2 aromatic carbocycles. The zero-order chi connectivity index (χ0) is 53.2. The van der Waals surface area contributed by atoms with Gasteiger partial charge in [0.05, 0.1) is 41.2 Å². The molecule has 19 heteroatoms. The number of likely N-dealkylation sites (tertiary alicyclic amines) is 1. The Balaban J connectivity index is 0.626. The molecule has 0 bridgehead atoms. The molecule has 0 radical (unpaired) electrons. The SMILES string of the molecule is CCOc1cc(-c2ccc(N3CCC(CN4CCN(C(=O)C5CC6(C5)CC(N5CCC(c7ccc8c(c7)CN(C7CCC(=O)NC7=O)C8=O)CC5)C6)CC4)(NC(=O)c4cc(F)ccc4F)CC3)nc2)c2c(C#N)cnn2c1. The van der Waals surface area contributed by atoms with E-state index in [1.165, 1.54) is 11.8 Å². The molecular formula is C58H63F2N11O6. The minimum absolute atomic E-state index is 0.0342. The highest BCUT2D eigenvalue weighted by atomic mass is 19.1. The molecule has 1 spiro atoms. The molecule has 77 heavy (non-hydrogen) atoms. The van der Waals surface area contributed by atoms with Crippen LogP contribution in [0.2, 0.25) is 0 Å². The number of ether oxygens (including phenoxy) is 1. The number of imide groups is 1. The van der Waals surface area contributed by atoms with E-state index >= 15 is 0 Å². The van der Waals surface area contributed by atoms with Crippen LogP contribution in [0.5, 0.6) is 5.75 Å². The van der Waals surface area contributed by atoms with Gasteiger partial charge in [0.25, 0.3) is 11.8 Å². The number of piperazine rings is 1. The van der Waals surface area contributed by atoms with Gasteiger partial charge in [0.2, 0.25) is 17.7 Å². The van der Waals surface area contributed by atoms with Gasteiger partial charge in [0.1, 0.15) is 35.3 Å². The number of amides is 5. The first-order chi connectivity index (χ1) is 37.3. The average Bonchev–Trinajstić information content (AvgIpc) is 4.03. The fraction of sp³-hybridized carbons (Fsp3) is 0.483. The third-order valence-electron chi connectivity index (χ3n) is 18.0. The number of hydrogen-bond donors (Lipinski definition) is 2. The number of benzene rings is 2. The maximum atomic E-state index is 15.0. The van der Waals surface area contributed by atoms with Gasteiger partial charge in [0, 0.05) is 93.6 Å². The van der Waals surface area contributed by atoms with Crippen molar-refractivity contribution in [2.45, 2.75) is 101 Å². The van der Waals surface area contributed by atoms with E-state index in [2.05, 4.69) is 48.6 Å². The van der Waals surface area contributed by atoms with Crippen LogP contribution in [0.4, 0.5) is 14.6 Å². The second kappa shape index (κ2) is 20.2. The predicted octanol–water partition coefficient (Wildman–Crippen LogP) is 6.06. The van der Waals surface area contributed by atoms with Gasteiger partial charge >= 0.3 is 0 Å². The van der Waals surface area contributed by atoms with Crippen LogP contribution in [0.3, 0.4) is 0 Å². The van der Waals surface area contributed by atoms with Crippen LogP contribution in [0.1, 0.15) is 114 Å². The van der Waals surface area contributed by atoms with Crippen molar-refractivity contribution in [3.8, 4) is 22.9 Å². The molecule has 5 aromatic rings. The number of nitrogens with zero attached hydrogens (tertiary/aromatic N) is 9. The van der Waals surface area contributed by atoms with Gasteiger partial charge < -0.3 is 29.7 Å². The molecule has 17 nitrogen and oxygen atoms in total. The van der Waals surface area contributed by atoms with Crippen LogP contribution in [0.15, 0.2) is 73.2 Å². The Labute approximate surface area is 445 Å². The Bertz CT molecular complexity index is 3190. The first-order valence-corrected chi connectivity index (χ1v) is 27.3. The molecule has 5 aliphatic heterocycles. The van der Waals surface area contributed by atoms with Crippen molar-refractivity contribution in [3.63, 3.8) is 0 Å². The summed E-state index contributed by atoms with van der Waals surface area (Å²) in [6.45, 7) is 8.79. The van der Waals surface area contributed by atoms with E-state index in [1.54, 1.807) is 21.8 Å². The fourth-order valence-corrected chi connectivity index (χ4v) is 13.8. The van der Waals surface area contributed by atoms with Crippen LogP contribution in [-0.2, 0) is 20.9 Å². The van der Waals surface area contributed by atoms with E-state index in [4.69, 9.17) is 9.72 Å². The van der Waals surface area contributed by atoms with Crippen molar-refractivity contribution < 1.29 is 37.5 Å². The van der Waals surface area contributed by atoms with E-state index in [1.807, 2.05) is 36.1 Å². The second-order valence-electron chi connectivity index (χ2n) is 22.6. The summed E-state index contributed by atoms with van der Waals surface area (Å²) >= 11 is 0. The van der Waals surface area contributed by atoms with E-state index in [-0.39, 0.29) is 41.0 Å². The molecule has 6 fully saturated rings. The van der Waals surface area contributed by atoms with Gasteiger partial charge in [-0.3, -0.25) is 34.2 Å². The lowest BCUT2D eigenvalue weighted by Gasteiger charge is -2.60. The predicted molar refractivity (Wildman–Crippen MR) is 280 cm³/mol. The first kappa shape index (κ1) is 50.5. The summed E-state index contributed by atoms with van der Waals surface area (Å²) in [5.41, 5.74) is 4.65. The smallest absolute Gasteiger partial charge is 0.255 e. The molecule has 4 saturated heterocycles. The Morgan fingerprint density at radius 3 is 2.38 bits per heavy atom. The van der Waals surface area contributed by atoms with Crippen LogP contribution in [0.25, 0.3) is 16.6 Å².